The second kappa shape index (κ2) is 7.96. The van der Waals surface area contributed by atoms with E-state index in [-0.39, 0.29) is 25.1 Å². The first kappa shape index (κ1) is 18.0. The van der Waals surface area contributed by atoms with Crippen molar-refractivity contribution in [3.8, 4) is 11.5 Å². The highest BCUT2D eigenvalue weighted by Gasteiger charge is 2.35. The van der Waals surface area contributed by atoms with Crippen LogP contribution in [-0.4, -0.2) is 62.8 Å². The summed E-state index contributed by atoms with van der Waals surface area (Å²) in [6.07, 6.45) is -0.698. The number of alkyl halides is 1. The fraction of sp³-hybridized carbons (Fsp3) is 0.500. The molecule has 7 nitrogen and oxygen atoms in total. The molecule has 2 amide bonds. The third-order valence-corrected chi connectivity index (χ3v) is 3.84. The molecule has 0 aromatic heterocycles. The number of likely N-dealkylation sites (tertiary alicyclic amines) is 1. The van der Waals surface area contributed by atoms with Crippen molar-refractivity contribution in [2.45, 2.75) is 18.6 Å². The van der Waals surface area contributed by atoms with Gasteiger partial charge in [0.05, 0.1) is 13.7 Å². The fourth-order valence-corrected chi connectivity index (χ4v) is 2.77. The standard InChI is InChI=1S/C16H22FN3O4/c1-19-7-12-6-11(17)8-20(12)16(22)10-3-4-13(14(5-10)23-2)24-9-15(18)21/h3-5,11-12,19H,6-9H2,1-2H3,(H2,18,21)/t11-,12-/m0/s1. The number of nitrogens with two attached hydrogens (primary N) is 1. The molecule has 0 spiro atoms. The van der Waals surface area contributed by atoms with E-state index in [1.807, 2.05) is 0 Å². The lowest BCUT2D eigenvalue weighted by Gasteiger charge is -2.24. The van der Waals surface area contributed by atoms with Crippen LogP contribution in [-0.2, 0) is 4.79 Å². The molecule has 0 aliphatic carbocycles. The lowest BCUT2D eigenvalue weighted by atomic mass is 10.1. The molecule has 1 saturated heterocycles. The van der Waals surface area contributed by atoms with Gasteiger partial charge >= 0.3 is 0 Å². The largest absolute Gasteiger partial charge is 0.493 e. The number of rotatable bonds is 7. The molecule has 0 unspecified atom stereocenters. The van der Waals surface area contributed by atoms with E-state index in [1.54, 1.807) is 13.1 Å². The van der Waals surface area contributed by atoms with Crippen molar-refractivity contribution in [2.24, 2.45) is 5.73 Å². The van der Waals surface area contributed by atoms with Crippen molar-refractivity contribution in [3.63, 3.8) is 0 Å². The number of benzene rings is 1. The zero-order valence-electron chi connectivity index (χ0n) is 13.8. The molecule has 1 aromatic rings. The molecule has 3 N–H and O–H groups in total. The molecule has 0 radical (unpaired) electrons. The summed E-state index contributed by atoms with van der Waals surface area (Å²) in [4.78, 5) is 25.0. The van der Waals surface area contributed by atoms with E-state index in [0.29, 0.717) is 30.0 Å². The maximum atomic E-state index is 13.7. The molecule has 1 heterocycles. The summed E-state index contributed by atoms with van der Waals surface area (Å²) in [5, 5.41) is 2.98. The van der Waals surface area contributed by atoms with Gasteiger partial charge in [-0.3, -0.25) is 9.59 Å². The molecule has 8 heteroatoms. The normalized spacial score (nSPS) is 20.0. The molecule has 1 aliphatic heterocycles. The monoisotopic (exact) mass is 339 g/mol. The number of hydrogen-bond donors (Lipinski definition) is 2. The first-order valence-electron chi connectivity index (χ1n) is 7.65. The third kappa shape index (κ3) is 4.14. The topological polar surface area (TPSA) is 93.9 Å². The van der Waals surface area contributed by atoms with Gasteiger partial charge in [-0.1, -0.05) is 0 Å². The van der Waals surface area contributed by atoms with Gasteiger partial charge in [-0.15, -0.1) is 0 Å². The van der Waals surface area contributed by atoms with Gasteiger partial charge in [-0.05, 0) is 25.2 Å². The Balaban J connectivity index is 2.18. The summed E-state index contributed by atoms with van der Waals surface area (Å²) in [6, 6.07) is 4.42. The first-order chi connectivity index (χ1) is 11.5. The summed E-state index contributed by atoms with van der Waals surface area (Å²) in [5.41, 5.74) is 5.41. The lowest BCUT2D eigenvalue weighted by molar-refractivity contribution is -0.119. The summed E-state index contributed by atoms with van der Waals surface area (Å²) in [6.45, 7) is 0.320. The minimum atomic E-state index is -1.02. The van der Waals surface area contributed by atoms with Crippen LogP contribution in [0.3, 0.4) is 0 Å². The minimum absolute atomic E-state index is 0.0768. The molecule has 132 valence electrons. The number of hydrogen-bond acceptors (Lipinski definition) is 5. The van der Waals surface area contributed by atoms with Gasteiger partial charge in [0, 0.05) is 24.6 Å². The maximum absolute atomic E-state index is 13.7. The van der Waals surface area contributed by atoms with E-state index >= 15 is 0 Å². The third-order valence-electron chi connectivity index (χ3n) is 3.84. The Bertz CT molecular complexity index is 611. The molecule has 1 aromatic carbocycles. The van der Waals surface area contributed by atoms with Crippen LogP contribution in [0.5, 0.6) is 11.5 Å². The number of carbonyl (C=O) groups excluding carboxylic acids is 2. The Morgan fingerprint density at radius 1 is 1.42 bits per heavy atom. The average molecular weight is 339 g/mol. The predicted octanol–water partition coefficient (Wildman–Crippen LogP) is 0.331. The summed E-state index contributed by atoms with van der Waals surface area (Å²) in [7, 11) is 3.19. The molecule has 0 bridgehead atoms. The number of carbonyl (C=O) groups is 2. The van der Waals surface area contributed by atoms with Crippen LogP contribution in [0.4, 0.5) is 4.39 Å². The fourth-order valence-electron chi connectivity index (χ4n) is 2.77. The van der Waals surface area contributed by atoms with Gasteiger partial charge in [0.1, 0.15) is 6.17 Å². The predicted molar refractivity (Wildman–Crippen MR) is 85.9 cm³/mol. The van der Waals surface area contributed by atoms with Crippen LogP contribution in [0.2, 0.25) is 0 Å². The number of halogens is 1. The SMILES string of the molecule is CNC[C@@H]1C[C@H](F)CN1C(=O)c1ccc(OCC(N)=O)c(OC)c1. The minimum Gasteiger partial charge on any atom is -0.493 e. The van der Waals surface area contributed by atoms with Crippen LogP contribution in [0.1, 0.15) is 16.8 Å². The number of amides is 2. The Morgan fingerprint density at radius 3 is 2.79 bits per heavy atom. The van der Waals surface area contributed by atoms with Crippen LogP contribution in [0.15, 0.2) is 18.2 Å². The second-order valence-corrected chi connectivity index (χ2v) is 5.62. The van der Waals surface area contributed by atoms with Crippen molar-refractivity contribution in [2.75, 3.05) is 33.9 Å². The van der Waals surface area contributed by atoms with Crippen molar-refractivity contribution in [1.29, 1.82) is 0 Å². The maximum Gasteiger partial charge on any atom is 0.255 e. The highest BCUT2D eigenvalue weighted by molar-refractivity contribution is 5.95. The van der Waals surface area contributed by atoms with E-state index < -0.39 is 12.1 Å². The molecule has 2 rings (SSSR count). The second-order valence-electron chi connectivity index (χ2n) is 5.62. The number of nitrogens with zero attached hydrogens (tertiary/aromatic N) is 1. The van der Waals surface area contributed by atoms with Crippen molar-refractivity contribution in [3.05, 3.63) is 23.8 Å². The lowest BCUT2D eigenvalue weighted by Crippen LogP contribution is -2.40. The molecule has 1 fully saturated rings. The molecule has 0 saturated carbocycles. The van der Waals surface area contributed by atoms with Crippen molar-refractivity contribution >= 4 is 11.8 Å². The van der Waals surface area contributed by atoms with E-state index in [9.17, 15) is 14.0 Å². The van der Waals surface area contributed by atoms with E-state index in [4.69, 9.17) is 15.2 Å². The van der Waals surface area contributed by atoms with Gasteiger partial charge in [-0.25, -0.2) is 4.39 Å². The van der Waals surface area contributed by atoms with E-state index in [0.717, 1.165) is 0 Å². The van der Waals surface area contributed by atoms with Crippen LogP contribution >= 0.6 is 0 Å². The molecular weight excluding hydrogens is 317 g/mol. The number of primary amides is 1. The Labute approximate surface area is 139 Å². The Hall–Kier alpha value is -2.35. The zero-order valence-corrected chi connectivity index (χ0v) is 13.8. The Kier molecular flexibility index (Phi) is 5.97. The van der Waals surface area contributed by atoms with Gasteiger partial charge < -0.3 is 25.4 Å². The van der Waals surface area contributed by atoms with Gasteiger partial charge in [0.2, 0.25) is 0 Å². The summed E-state index contributed by atoms with van der Waals surface area (Å²) >= 11 is 0. The molecule has 2 atom stereocenters. The van der Waals surface area contributed by atoms with Gasteiger partial charge in [-0.2, -0.15) is 0 Å². The summed E-state index contributed by atoms with van der Waals surface area (Å²) in [5.74, 6) is -0.263. The van der Waals surface area contributed by atoms with Crippen molar-refractivity contribution in [1.82, 2.24) is 10.2 Å². The van der Waals surface area contributed by atoms with E-state index in [1.165, 1.54) is 24.1 Å². The number of methoxy groups -OCH3 is 1. The zero-order chi connectivity index (χ0) is 17.7. The molecule has 1 aliphatic rings. The van der Waals surface area contributed by atoms with Crippen LogP contribution < -0.4 is 20.5 Å². The quantitative estimate of drug-likeness (QED) is 0.747. The van der Waals surface area contributed by atoms with Crippen LogP contribution in [0.25, 0.3) is 0 Å². The average Bonchev–Trinajstić information content (AvgIpc) is 2.92. The highest BCUT2D eigenvalue weighted by atomic mass is 19.1. The van der Waals surface area contributed by atoms with Crippen LogP contribution in [0, 0.1) is 0 Å². The van der Waals surface area contributed by atoms with Gasteiger partial charge in [0.15, 0.2) is 18.1 Å². The molecular formula is C16H22FN3O4. The first-order valence-corrected chi connectivity index (χ1v) is 7.65. The van der Waals surface area contributed by atoms with E-state index in [2.05, 4.69) is 5.32 Å². The Morgan fingerprint density at radius 2 is 2.17 bits per heavy atom. The number of nitrogens with one attached hydrogen (secondary N) is 1. The summed E-state index contributed by atoms with van der Waals surface area (Å²) < 4.78 is 24.1. The number of likely N-dealkylation sites (N-methyl/N-ethyl adjacent to an activating group) is 1. The number of ether oxygens (including phenoxy) is 2. The molecule has 24 heavy (non-hydrogen) atoms. The highest BCUT2D eigenvalue weighted by Crippen LogP contribution is 2.30. The van der Waals surface area contributed by atoms with Gasteiger partial charge in [0.25, 0.3) is 11.8 Å². The van der Waals surface area contributed by atoms with Crippen molar-refractivity contribution < 1.29 is 23.5 Å². The smallest absolute Gasteiger partial charge is 0.255 e.